The molecule has 1 aromatic carbocycles. The minimum absolute atomic E-state index is 0. The zero-order valence-corrected chi connectivity index (χ0v) is 7.86. The maximum atomic E-state index is 12.9. The molecule has 6 heteroatoms. The van der Waals surface area contributed by atoms with Crippen LogP contribution in [0.1, 0.15) is 5.56 Å². The van der Waals surface area contributed by atoms with Gasteiger partial charge < -0.3 is 10.5 Å². The summed E-state index contributed by atoms with van der Waals surface area (Å²) in [6, 6.07) is 3.63. The summed E-state index contributed by atoms with van der Waals surface area (Å²) in [5, 5.41) is 0. The van der Waals surface area contributed by atoms with Crippen LogP contribution >= 0.6 is 12.4 Å². The van der Waals surface area contributed by atoms with Crippen LogP contribution in [-0.4, -0.2) is 6.61 Å². The van der Waals surface area contributed by atoms with Gasteiger partial charge in [-0.1, -0.05) is 6.07 Å². The Morgan fingerprint density at radius 1 is 1.36 bits per heavy atom. The topological polar surface area (TPSA) is 35.2 Å². The molecule has 0 saturated carbocycles. The molecule has 0 unspecified atom stereocenters. The van der Waals surface area contributed by atoms with E-state index in [9.17, 15) is 13.2 Å². The van der Waals surface area contributed by atoms with Crippen molar-refractivity contribution >= 4 is 12.4 Å². The maximum absolute atomic E-state index is 12.9. The SMILES string of the molecule is Cl.NCc1ccc(OC(F)F)c(F)c1. The van der Waals surface area contributed by atoms with E-state index < -0.39 is 18.2 Å². The molecule has 14 heavy (non-hydrogen) atoms. The van der Waals surface area contributed by atoms with Crippen molar-refractivity contribution in [2.75, 3.05) is 0 Å². The van der Waals surface area contributed by atoms with E-state index in [-0.39, 0.29) is 19.0 Å². The second-order valence-corrected chi connectivity index (χ2v) is 2.35. The zero-order valence-electron chi connectivity index (χ0n) is 7.04. The van der Waals surface area contributed by atoms with E-state index in [1.54, 1.807) is 0 Å². The van der Waals surface area contributed by atoms with Crippen molar-refractivity contribution in [1.29, 1.82) is 0 Å². The molecular weight excluding hydrogens is 219 g/mol. The standard InChI is InChI=1S/C8H8F3NO.ClH/c9-6-3-5(4-12)1-2-7(6)13-8(10)11;/h1-3,8H,4,12H2;1H. The first-order chi connectivity index (χ1) is 6.13. The Bertz CT molecular complexity index is 296. The van der Waals surface area contributed by atoms with Gasteiger partial charge in [0.15, 0.2) is 11.6 Å². The van der Waals surface area contributed by atoms with Gasteiger partial charge >= 0.3 is 6.61 Å². The Morgan fingerprint density at radius 3 is 2.43 bits per heavy atom. The van der Waals surface area contributed by atoms with E-state index in [4.69, 9.17) is 5.73 Å². The summed E-state index contributed by atoms with van der Waals surface area (Å²) in [6.07, 6.45) is 0. The molecule has 0 saturated heterocycles. The first kappa shape index (κ1) is 13.1. The third-order valence-electron chi connectivity index (χ3n) is 1.45. The maximum Gasteiger partial charge on any atom is 0.387 e. The smallest absolute Gasteiger partial charge is 0.387 e. The predicted octanol–water partition coefficient (Wildman–Crippen LogP) is 2.31. The fourth-order valence-corrected chi connectivity index (χ4v) is 0.863. The van der Waals surface area contributed by atoms with E-state index in [1.807, 2.05) is 0 Å². The predicted molar refractivity (Wildman–Crippen MR) is 48.2 cm³/mol. The second-order valence-electron chi connectivity index (χ2n) is 2.35. The Labute approximate surface area is 85.3 Å². The number of nitrogens with two attached hydrogens (primary N) is 1. The van der Waals surface area contributed by atoms with Gasteiger partial charge in [-0.3, -0.25) is 0 Å². The molecule has 0 aliphatic carbocycles. The number of rotatable bonds is 3. The van der Waals surface area contributed by atoms with Crippen molar-refractivity contribution < 1.29 is 17.9 Å². The van der Waals surface area contributed by atoms with Crippen molar-refractivity contribution in [2.24, 2.45) is 5.73 Å². The molecule has 0 aliphatic rings. The lowest BCUT2D eigenvalue weighted by Gasteiger charge is -2.06. The van der Waals surface area contributed by atoms with Gasteiger partial charge in [-0.2, -0.15) is 8.78 Å². The van der Waals surface area contributed by atoms with E-state index in [0.29, 0.717) is 5.56 Å². The van der Waals surface area contributed by atoms with Crippen LogP contribution in [0, 0.1) is 5.82 Å². The Hall–Kier alpha value is -0.940. The first-order valence-electron chi connectivity index (χ1n) is 3.57. The van der Waals surface area contributed by atoms with E-state index in [1.165, 1.54) is 6.07 Å². The largest absolute Gasteiger partial charge is 0.432 e. The van der Waals surface area contributed by atoms with E-state index >= 15 is 0 Å². The molecule has 0 aromatic heterocycles. The van der Waals surface area contributed by atoms with Crippen LogP contribution in [0.4, 0.5) is 13.2 Å². The highest BCUT2D eigenvalue weighted by molar-refractivity contribution is 5.85. The molecule has 0 spiro atoms. The lowest BCUT2D eigenvalue weighted by molar-refractivity contribution is -0.0522. The van der Waals surface area contributed by atoms with E-state index in [2.05, 4.69) is 4.74 Å². The quantitative estimate of drug-likeness (QED) is 0.860. The van der Waals surface area contributed by atoms with Gasteiger partial charge in [0, 0.05) is 6.54 Å². The minimum atomic E-state index is -3.02. The summed E-state index contributed by atoms with van der Waals surface area (Å²) in [4.78, 5) is 0. The van der Waals surface area contributed by atoms with Crippen LogP contribution in [0.2, 0.25) is 0 Å². The Balaban J connectivity index is 0.00000169. The average molecular weight is 228 g/mol. The molecule has 1 aromatic rings. The van der Waals surface area contributed by atoms with Gasteiger partial charge in [0.1, 0.15) is 0 Å². The summed E-state index contributed by atoms with van der Waals surface area (Å²) in [6.45, 7) is -2.86. The van der Waals surface area contributed by atoms with Crippen LogP contribution in [0.15, 0.2) is 18.2 Å². The van der Waals surface area contributed by atoms with Gasteiger partial charge in [-0.05, 0) is 17.7 Å². The van der Waals surface area contributed by atoms with Crippen LogP contribution in [0.25, 0.3) is 0 Å². The van der Waals surface area contributed by atoms with Gasteiger partial charge in [-0.15, -0.1) is 12.4 Å². The molecule has 0 heterocycles. The number of ether oxygens (including phenoxy) is 1. The summed E-state index contributed by atoms with van der Waals surface area (Å²) in [5.41, 5.74) is 5.74. The highest BCUT2D eigenvalue weighted by atomic mass is 35.5. The third-order valence-corrected chi connectivity index (χ3v) is 1.45. The van der Waals surface area contributed by atoms with Crippen molar-refractivity contribution in [3.8, 4) is 5.75 Å². The number of hydrogen-bond donors (Lipinski definition) is 1. The van der Waals surface area contributed by atoms with Gasteiger partial charge in [-0.25, -0.2) is 4.39 Å². The van der Waals surface area contributed by atoms with Crippen molar-refractivity contribution in [3.05, 3.63) is 29.6 Å². The number of alkyl halides is 2. The molecule has 2 N–H and O–H groups in total. The molecule has 2 nitrogen and oxygen atoms in total. The summed E-state index contributed by atoms with van der Waals surface area (Å²) >= 11 is 0. The zero-order chi connectivity index (χ0) is 9.84. The minimum Gasteiger partial charge on any atom is -0.432 e. The average Bonchev–Trinajstić information content (AvgIpc) is 2.08. The normalized spacial score (nSPS) is 9.79. The van der Waals surface area contributed by atoms with Crippen LogP contribution in [0.3, 0.4) is 0 Å². The van der Waals surface area contributed by atoms with E-state index in [0.717, 1.165) is 12.1 Å². The fourth-order valence-electron chi connectivity index (χ4n) is 0.863. The summed E-state index contributed by atoms with van der Waals surface area (Å²) in [5.74, 6) is -1.30. The molecule has 0 aliphatic heterocycles. The molecule has 0 amide bonds. The molecule has 0 bridgehead atoms. The fraction of sp³-hybridized carbons (Fsp3) is 0.250. The van der Waals surface area contributed by atoms with Gasteiger partial charge in [0.25, 0.3) is 0 Å². The molecule has 0 fully saturated rings. The lowest BCUT2D eigenvalue weighted by atomic mass is 10.2. The van der Waals surface area contributed by atoms with Crippen molar-refractivity contribution in [1.82, 2.24) is 0 Å². The molecule has 0 radical (unpaired) electrons. The monoisotopic (exact) mass is 227 g/mol. The number of benzene rings is 1. The van der Waals surface area contributed by atoms with Crippen LogP contribution in [0.5, 0.6) is 5.75 Å². The highest BCUT2D eigenvalue weighted by Gasteiger charge is 2.09. The van der Waals surface area contributed by atoms with Crippen molar-refractivity contribution in [3.63, 3.8) is 0 Å². The van der Waals surface area contributed by atoms with Crippen molar-refractivity contribution in [2.45, 2.75) is 13.2 Å². The van der Waals surface area contributed by atoms with Gasteiger partial charge in [0.2, 0.25) is 0 Å². The van der Waals surface area contributed by atoms with Gasteiger partial charge in [0.05, 0.1) is 0 Å². The molecule has 0 atom stereocenters. The second kappa shape index (κ2) is 5.72. The Kier molecular flexibility index (Phi) is 5.34. The molecular formula is C8H9ClF3NO. The molecule has 80 valence electrons. The Morgan fingerprint density at radius 2 is 2.00 bits per heavy atom. The molecule has 1 rings (SSSR count). The number of halogens is 4. The summed E-state index contributed by atoms with van der Waals surface area (Å²) < 4.78 is 40.1. The number of hydrogen-bond acceptors (Lipinski definition) is 2. The highest BCUT2D eigenvalue weighted by Crippen LogP contribution is 2.19. The van der Waals surface area contributed by atoms with Crippen LogP contribution < -0.4 is 10.5 Å². The lowest BCUT2D eigenvalue weighted by Crippen LogP contribution is -2.04. The first-order valence-corrected chi connectivity index (χ1v) is 3.57. The van der Waals surface area contributed by atoms with Crippen LogP contribution in [-0.2, 0) is 6.54 Å². The summed E-state index contributed by atoms with van der Waals surface area (Å²) in [7, 11) is 0. The third kappa shape index (κ3) is 3.43.